The summed E-state index contributed by atoms with van der Waals surface area (Å²) in [7, 11) is 0. The van der Waals surface area contributed by atoms with Gasteiger partial charge in [0.25, 0.3) is 0 Å². The standard InChI is InChI=1S/C11H13BrClNO/c1-9(13)8-14-6-7-15-11-4-2-10(12)3-5-11/h2-5,14H,1,6-8H2. The zero-order valence-electron chi connectivity index (χ0n) is 8.30. The fraction of sp³-hybridized carbons (Fsp3) is 0.273. The first-order valence-electron chi connectivity index (χ1n) is 4.61. The van der Waals surface area contributed by atoms with Crippen LogP contribution in [-0.2, 0) is 0 Å². The second-order valence-electron chi connectivity index (χ2n) is 3.00. The van der Waals surface area contributed by atoms with Gasteiger partial charge in [0, 0.05) is 22.6 Å². The highest BCUT2D eigenvalue weighted by molar-refractivity contribution is 9.10. The van der Waals surface area contributed by atoms with Crippen molar-refractivity contribution >= 4 is 27.5 Å². The van der Waals surface area contributed by atoms with Crippen LogP contribution in [0.15, 0.2) is 40.3 Å². The highest BCUT2D eigenvalue weighted by atomic mass is 79.9. The SMILES string of the molecule is C=C(Cl)CNCCOc1ccc(Br)cc1. The molecule has 0 aromatic heterocycles. The topological polar surface area (TPSA) is 21.3 Å². The highest BCUT2D eigenvalue weighted by Crippen LogP contribution is 2.15. The molecule has 0 saturated heterocycles. The minimum absolute atomic E-state index is 0.610. The number of benzene rings is 1. The quantitative estimate of drug-likeness (QED) is 0.813. The molecule has 82 valence electrons. The van der Waals surface area contributed by atoms with Gasteiger partial charge in [-0.2, -0.15) is 0 Å². The largest absolute Gasteiger partial charge is 0.492 e. The van der Waals surface area contributed by atoms with E-state index in [0.717, 1.165) is 16.8 Å². The summed E-state index contributed by atoms with van der Waals surface area (Å²) in [6.07, 6.45) is 0. The van der Waals surface area contributed by atoms with Gasteiger partial charge in [-0.25, -0.2) is 0 Å². The molecule has 0 aliphatic carbocycles. The third-order valence-electron chi connectivity index (χ3n) is 1.68. The Kier molecular flexibility index (Phi) is 5.76. The lowest BCUT2D eigenvalue weighted by molar-refractivity contribution is 0.316. The van der Waals surface area contributed by atoms with Crippen LogP contribution >= 0.6 is 27.5 Å². The highest BCUT2D eigenvalue weighted by Gasteiger charge is 1.93. The average molecular weight is 291 g/mol. The van der Waals surface area contributed by atoms with E-state index < -0.39 is 0 Å². The van der Waals surface area contributed by atoms with Crippen molar-refractivity contribution in [1.29, 1.82) is 0 Å². The van der Waals surface area contributed by atoms with Crippen molar-refractivity contribution in [3.05, 3.63) is 40.3 Å². The molecule has 0 bridgehead atoms. The smallest absolute Gasteiger partial charge is 0.119 e. The lowest BCUT2D eigenvalue weighted by Crippen LogP contribution is -2.22. The molecular weight excluding hydrogens is 277 g/mol. The van der Waals surface area contributed by atoms with Crippen LogP contribution in [0.5, 0.6) is 5.75 Å². The molecule has 0 radical (unpaired) electrons. The molecule has 0 spiro atoms. The number of halogens is 2. The molecule has 1 aromatic carbocycles. The lowest BCUT2D eigenvalue weighted by Gasteiger charge is -2.06. The Morgan fingerprint density at radius 2 is 2.07 bits per heavy atom. The van der Waals surface area contributed by atoms with Crippen molar-refractivity contribution in [3.8, 4) is 5.75 Å². The van der Waals surface area contributed by atoms with Crippen LogP contribution in [0.2, 0.25) is 0 Å². The van der Waals surface area contributed by atoms with Gasteiger partial charge in [-0.3, -0.25) is 0 Å². The molecule has 1 aromatic rings. The minimum atomic E-state index is 0.610. The van der Waals surface area contributed by atoms with Crippen molar-refractivity contribution in [3.63, 3.8) is 0 Å². The van der Waals surface area contributed by atoms with Crippen LogP contribution in [0.25, 0.3) is 0 Å². The number of nitrogens with one attached hydrogen (secondary N) is 1. The van der Waals surface area contributed by atoms with Gasteiger partial charge >= 0.3 is 0 Å². The third kappa shape index (κ3) is 5.82. The van der Waals surface area contributed by atoms with Crippen LogP contribution in [0, 0.1) is 0 Å². The van der Waals surface area contributed by atoms with E-state index >= 15 is 0 Å². The Morgan fingerprint density at radius 1 is 1.40 bits per heavy atom. The molecule has 0 fully saturated rings. The van der Waals surface area contributed by atoms with Crippen molar-refractivity contribution in [1.82, 2.24) is 5.32 Å². The molecular formula is C11H13BrClNO. The Labute approximate surface area is 103 Å². The molecule has 1 rings (SSSR count). The molecule has 15 heavy (non-hydrogen) atoms. The maximum Gasteiger partial charge on any atom is 0.119 e. The Balaban J connectivity index is 2.15. The van der Waals surface area contributed by atoms with E-state index in [0.29, 0.717) is 18.2 Å². The molecule has 1 N–H and O–H groups in total. The van der Waals surface area contributed by atoms with Crippen molar-refractivity contribution in [2.24, 2.45) is 0 Å². The lowest BCUT2D eigenvalue weighted by atomic mass is 10.3. The van der Waals surface area contributed by atoms with E-state index in [1.54, 1.807) is 0 Å². The first-order valence-corrected chi connectivity index (χ1v) is 5.78. The summed E-state index contributed by atoms with van der Waals surface area (Å²) in [4.78, 5) is 0. The van der Waals surface area contributed by atoms with Gasteiger partial charge in [-0.1, -0.05) is 34.1 Å². The van der Waals surface area contributed by atoms with Crippen LogP contribution in [-0.4, -0.2) is 19.7 Å². The van der Waals surface area contributed by atoms with Crippen molar-refractivity contribution < 1.29 is 4.74 Å². The normalized spacial score (nSPS) is 10.0. The predicted octanol–water partition coefficient (Wildman–Crippen LogP) is 3.17. The second kappa shape index (κ2) is 6.88. The first-order chi connectivity index (χ1) is 7.18. The number of ether oxygens (including phenoxy) is 1. The van der Waals surface area contributed by atoms with Crippen LogP contribution < -0.4 is 10.1 Å². The Hall–Kier alpha value is -0.510. The molecule has 0 aliphatic heterocycles. The van der Waals surface area contributed by atoms with E-state index in [-0.39, 0.29) is 0 Å². The number of hydrogen-bond acceptors (Lipinski definition) is 2. The number of rotatable bonds is 6. The van der Waals surface area contributed by atoms with Gasteiger partial charge in [0.2, 0.25) is 0 Å². The summed E-state index contributed by atoms with van der Waals surface area (Å²) >= 11 is 8.95. The van der Waals surface area contributed by atoms with Gasteiger partial charge in [0.1, 0.15) is 12.4 Å². The minimum Gasteiger partial charge on any atom is -0.492 e. The summed E-state index contributed by atoms with van der Waals surface area (Å²) < 4.78 is 6.53. The zero-order chi connectivity index (χ0) is 11.1. The maximum absolute atomic E-state index is 5.59. The maximum atomic E-state index is 5.59. The van der Waals surface area contributed by atoms with E-state index in [2.05, 4.69) is 27.8 Å². The monoisotopic (exact) mass is 289 g/mol. The fourth-order valence-corrected chi connectivity index (χ4v) is 1.35. The summed E-state index contributed by atoms with van der Waals surface area (Å²) in [5.41, 5.74) is 0. The molecule has 2 nitrogen and oxygen atoms in total. The van der Waals surface area contributed by atoms with Gasteiger partial charge < -0.3 is 10.1 Å². The number of hydrogen-bond donors (Lipinski definition) is 1. The second-order valence-corrected chi connectivity index (χ2v) is 4.45. The van der Waals surface area contributed by atoms with Crippen LogP contribution in [0.4, 0.5) is 0 Å². The third-order valence-corrected chi connectivity index (χ3v) is 2.34. The van der Waals surface area contributed by atoms with Gasteiger partial charge in [0.15, 0.2) is 0 Å². The van der Waals surface area contributed by atoms with Crippen molar-refractivity contribution in [2.75, 3.05) is 19.7 Å². The molecule has 0 unspecified atom stereocenters. The average Bonchev–Trinajstić information content (AvgIpc) is 2.20. The van der Waals surface area contributed by atoms with E-state index in [1.165, 1.54) is 0 Å². The predicted molar refractivity (Wildman–Crippen MR) is 67.5 cm³/mol. The molecule has 0 heterocycles. The first kappa shape index (κ1) is 12.6. The molecule has 0 amide bonds. The van der Waals surface area contributed by atoms with Crippen LogP contribution in [0.3, 0.4) is 0 Å². The van der Waals surface area contributed by atoms with E-state index in [1.807, 2.05) is 24.3 Å². The van der Waals surface area contributed by atoms with E-state index in [9.17, 15) is 0 Å². The molecule has 0 saturated carbocycles. The van der Waals surface area contributed by atoms with Crippen LogP contribution in [0.1, 0.15) is 0 Å². The molecule has 0 atom stereocenters. The summed E-state index contributed by atoms with van der Waals surface area (Å²) in [6, 6.07) is 7.74. The summed E-state index contributed by atoms with van der Waals surface area (Å²) in [6.45, 7) is 5.56. The summed E-state index contributed by atoms with van der Waals surface area (Å²) in [5.74, 6) is 0.865. The Morgan fingerprint density at radius 3 is 2.67 bits per heavy atom. The van der Waals surface area contributed by atoms with Crippen molar-refractivity contribution in [2.45, 2.75) is 0 Å². The summed E-state index contributed by atoms with van der Waals surface area (Å²) in [5, 5.41) is 3.71. The molecule has 0 aliphatic rings. The zero-order valence-corrected chi connectivity index (χ0v) is 10.6. The Bertz CT molecular complexity index is 313. The molecule has 4 heteroatoms. The van der Waals surface area contributed by atoms with Gasteiger partial charge in [-0.05, 0) is 24.3 Å². The van der Waals surface area contributed by atoms with Gasteiger partial charge in [-0.15, -0.1) is 0 Å². The van der Waals surface area contributed by atoms with Gasteiger partial charge in [0.05, 0.1) is 0 Å². The fourth-order valence-electron chi connectivity index (χ4n) is 0.996. The van der Waals surface area contributed by atoms with E-state index in [4.69, 9.17) is 16.3 Å².